The molecule has 0 amide bonds. The van der Waals surface area contributed by atoms with Gasteiger partial charge in [-0.05, 0) is 19.1 Å². The molecule has 0 aromatic heterocycles. The smallest absolute Gasteiger partial charge is 0.160 e. The first kappa shape index (κ1) is 11.0. The lowest BCUT2D eigenvalue weighted by molar-refractivity contribution is 0.166. The lowest BCUT2D eigenvalue weighted by Gasteiger charge is -2.14. The van der Waals surface area contributed by atoms with Gasteiger partial charge in [-0.2, -0.15) is 0 Å². The van der Waals surface area contributed by atoms with Crippen LogP contribution in [-0.2, 0) is 4.74 Å². The summed E-state index contributed by atoms with van der Waals surface area (Å²) in [6.45, 7) is 5.18. The van der Waals surface area contributed by atoms with E-state index in [1.807, 2.05) is 0 Å². The van der Waals surface area contributed by atoms with Gasteiger partial charge in [-0.25, -0.2) is 4.39 Å². The van der Waals surface area contributed by atoms with E-state index in [-0.39, 0.29) is 22.1 Å². The van der Waals surface area contributed by atoms with Crippen LogP contribution < -0.4 is 0 Å². The molecule has 1 heterocycles. The van der Waals surface area contributed by atoms with Crippen LogP contribution in [0.5, 0.6) is 0 Å². The lowest BCUT2D eigenvalue weighted by Crippen LogP contribution is -2.02. The molecule has 1 aliphatic rings. The van der Waals surface area contributed by atoms with Crippen molar-refractivity contribution < 1.29 is 14.2 Å². The summed E-state index contributed by atoms with van der Waals surface area (Å²) in [7, 11) is 0. The first-order chi connectivity index (χ1) is 7.52. The van der Waals surface area contributed by atoms with E-state index < -0.39 is 11.9 Å². The number of aliphatic hydroxyl groups excluding tert-OH is 1. The number of hydrogen-bond donors (Lipinski definition) is 1. The predicted molar refractivity (Wildman–Crippen MR) is 59.7 cm³/mol. The van der Waals surface area contributed by atoms with Crippen molar-refractivity contribution in [1.82, 2.24) is 0 Å². The van der Waals surface area contributed by atoms with Crippen molar-refractivity contribution in [3.63, 3.8) is 0 Å². The Balaban J connectivity index is 2.52. The molecule has 1 unspecified atom stereocenters. The van der Waals surface area contributed by atoms with Gasteiger partial charge in [0.2, 0.25) is 0 Å². The van der Waals surface area contributed by atoms with Gasteiger partial charge in [0, 0.05) is 5.57 Å². The van der Waals surface area contributed by atoms with Gasteiger partial charge < -0.3 is 9.84 Å². The summed E-state index contributed by atoms with van der Waals surface area (Å²) in [6, 6.07) is 4.40. The van der Waals surface area contributed by atoms with Crippen molar-refractivity contribution in [3.05, 3.63) is 58.3 Å². The maximum atomic E-state index is 13.6. The molecule has 0 radical (unpaired) electrons. The minimum atomic E-state index is -0.693. The van der Waals surface area contributed by atoms with Crippen molar-refractivity contribution in [3.8, 4) is 0 Å². The molecule has 0 saturated carbocycles. The Morgan fingerprint density at radius 3 is 2.69 bits per heavy atom. The molecule has 1 N–H and O–H groups in total. The van der Waals surface area contributed by atoms with Crippen molar-refractivity contribution in [2.75, 3.05) is 0 Å². The Morgan fingerprint density at radius 1 is 1.50 bits per heavy atom. The van der Waals surface area contributed by atoms with E-state index in [2.05, 4.69) is 6.58 Å². The molecule has 2 nitrogen and oxygen atoms in total. The molecule has 84 valence electrons. The average Bonchev–Trinajstić information content (AvgIpc) is 2.47. The number of ether oxygens (including phenoxy) is 1. The number of benzene rings is 1. The Morgan fingerprint density at radius 2 is 2.19 bits per heavy atom. The van der Waals surface area contributed by atoms with Crippen LogP contribution in [-0.4, -0.2) is 5.11 Å². The van der Waals surface area contributed by atoms with Gasteiger partial charge in [0.25, 0.3) is 0 Å². The average molecular weight is 241 g/mol. The fourth-order valence-electron chi connectivity index (χ4n) is 1.67. The molecule has 0 bridgehead atoms. The second kappa shape index (κ2) is 3.83. The van der Waals surface area contributed by atoms with Crippen LogP contribution in [0.4, 0.5) is 4.39 Å². The second-order valence-electron chi connectivity index (χ2n) is 3.59. The first-order valence-corrected chi connectivity index (χ1v) is 5.09. The molecule has 4 heteroatoms. The minimum Gasteiger partial charge on any atom is -0.504 e. The summed E-state index contributed by atoms with van der Waals surface area (Å²) >= 11 is 5.92. The second-order valence-corrected chi connectivity index (χ2v) is 4.00. The van der Waals surface area contributed by atoms with E-state index in [1.54, 1.807) is 13.0 Å². The van der Waals surface area contributed by atoms with Gasteiger partial charge in [-0.3, -0.25) is 0 Å². The molecule has 0 spiro atoms. The number of aliphatic hydroxyl groups is 1. The standard InChI is InChI=1S/C12H10ClFO2/c1-6-11(15)7(2)16-12(6)10-8(13)4-3-5-9(10)14/h3-5,12,15H,2H2,1H3. The third-order valence-electron chi connectivity index (χ3n) is 2.55. The maximum absolute atomic E-state index is 13.6. The third-order valence-corrected chi connectivity index (χ3v) is 2.88. The molecule has 1 atom stereocenters. The quantitative estimate of drug-likeness (QED) is 0.807. The molecule has 0 aliphatic carbocycles. The highest BCUT2D eigenvalue weighted by atomic mass is 35.5. The van der Waals surface area contributed by atoms with E-state index in [1.165, 1.54) is 12.1 Å². The summed E-state index contributed by atoms with van der Waals surface area (Å²) in [5.74, 6) is -0.356. The van der Waals surface area contributed by atoms with E-state index in [0.717, 1.165) is 0 Å². The zero-order chi connectivity index (χ0) is 11.9. The van der Waals surface area contributed by atoms with E-state index >= 15 is 0 Å². The van der Waals surface area contributed by atoms with Gasteiger partial charge >= 0.3 is 0 Å². The van der Waals surface area contributed by atoms with Crippen molar-refractivity contribution in [1.29, 1.82) is 0 Å². The lowest BCUT2D eigenvalue weighted by atomic mass is 10.0. The molecule has 0 fully saturated rings. The molecule has 0 saturated heterocycles. The fourth-order valence-corrected chi connectivity index (χ4v) is 1.93. The van der Waals surface area contributed by atoms with Crippen molar-refractivity contribution >= 4 is 11.6 Å². The monoisotopic (exact) mass is 240 g/mol. The van der Waals surface area contributed by atoms with Crippen LogP contribution in [0.25, 0.3) is 0 Å². The maximum Gasteiger partial charge on any atom is 0.160 e. The Hall–Kier alpha value is -1.48. The highest BCUT2D eigenvalue weighted by Gasteiger charge is 2.31. The van der Waals surface area contributed by atoms with Gasteiger partial charge in [-0.15, -0.1) is 0 Å². The summed E-state index contributed by atoms with van der Waals surface area (Å²) < 4.78 is 18.9. The topological polar surface area (TPSA) is 29.5 Å². The van der Waals surface area contributed by atoms with Crippen LogP contribution >= 0.6 is 11.6 Å². The Kier molecular flexibility index (Phi) is 2.64. The van der Waals surface area contributed by atoms with Crippen LogP contribution in [0.15, 0.2) is 41.9 Å². The van der Waals surface area contributed by atoms with Crippen molar-refractivity contribution in [2.24, 2.45) is 0 Å². The Bertz CT molecular complexity index is 474. The Labute approximate surface area is 97.6 Å². The summed E-state index contributed by atoms with van der Waals surface area (Å²) in [6.07, 6.45) is -0.693. The van der Waals surface area contributed by atoms with Crippen LogP contribution in [0.2, 0.25) is 5.02 Å². The normalized spacial score (nSPS) is 20.2. The zero-order valence-electron chi connectivity index (χ0n) is 8.63. The van der Waals surface area contributed by atoms with Gasteiger partial charge in [0.05, 0.1) is 10.6 Å². The number of hydrogen-bond acceptors (Lipinski definition) is 2. The molecule has 1 aromatic carbocycles. The summed E-state index contributed by atoms with van der Waals surface area (Å²) in [5, 5.41) is 9.84. The fraction of sp³-hybridized carbons (Fsp3) is 0.167. The minimum absolute atomic E-state index is 0.0377. The number of halogens is 2. The van der Waals surface area contributed by atoms with E-state index in [0.29, 0.717) is 5.57 Å². The molecule has 16 heavy (non-hydrogen) atoms. The van der Waals surface area contributed by atoms with Gasteiger partial charge in [0.15, 0.2) is 17.6 Å². The van der Waals surface area contributed by atoms with Gasteiger partial charge in [-0.1, -0.05) is 24.2 Å². The van der Waals surface area contributed by atoms with E-state index in [9.17, 15) is 9.50 Å². The summed E-state index contributed by atoms with van der Waals surface area (Å²) in [5.41, 5.74) is 0.740. The summed E-state index contributed by atoms with van der Waals surface area (Å²) in [4.78, 5) is 0. The molecular weight excluding hydrogens is 231 g/mol. The predicted octanol–water partition coefficient (Wildman–Crippen LogP) is 3.90. The van der Waals surface area contributed by atoms with Crippen LogP contribution in [0.3, 0.4) is 0 Å². The highest BCUT2D eigenvalue weighted by molar-refractivity contribution is 6.31. The van der Waals surface area contributed by atoms with Crippen molar-refractivity contribution in [2.45, 2.75) is 13.0 Å². The largest absolute Gasteiger partial charge is 0.504 e. The van der Waals surface area contributed by atoms with Gasteiger partial charge in [0.1, 0.15) is 5.82 Å². The highest BCUT2D eigenvalue weighted by Crippen LogP contribution is 2.41. The SMILES string of the molecule is C=C1OC(c2c(F)cccc2Cl)C(C)=C1O. The number of rotatable bonds is 1. The van der Waals surface area contributed by atoms with Crippen LogP contribution in [0, 0.1) is 5.82 Å². The zero-order valence-corrected chi connectivity index (χ0v) is 9.38. The molecule has 2 rings (SSSR count). The molecule has 1 aromatic rings. The van der Waals surface area contributed by atoms with Crippen LogP contribution in [0.1, 0.15) is 18.6 Å². The third kappa shape index (κ3) is 1.57. The molecular formula is C12H10ClFO2. The molecule has 1 aliphatic heterocycles. The first-order valence-electron chi connectivity index (χ1n) is 4.72. The van der Waals surface area contributed by atoms with E-state index in [4.69, 9.17) is 16.3 Å².